The first-order chi connectivity index (χ1) is 20.4. The summed E-state index contributed by atoms with van der Waals surface area (Å²) in [6, 6.07) is 1.47. The van der Waals surface area contributed by atoms with Gasteiger partial charge in [-0.15, -0.1) is 0 Å². The molecule has 0 unspecified atom stereocenters. The number of hydrogen-bond donors (Lipinski definition) is 1. The minimum absolute atomic E-state index is 0.282. The summed E-state index contributed by atoms with van der Waals surface area (Å²) < 4.78 is 32.2. The Balaban J connectivity index is 1.75. The van der Waals surface area contributed by atoms with Crippen LogP contribution in [0, 0.1) is 26.6 Å². The van der Waals surface area contributed by atoms with E-state index in [-0.39, 0.29) is 5.75 Å². The number of pyridine rings is 1. The second-order valence-corrected chi connectivity index (χ2v) is 13.3. The Morgan fingerprint density at radius 1 is 1.14 bits per heavy atom. The number of aromatic nitrogens is 3. The summed E-state index contributed by atoms with van der Waals surface area (Å²) in [5.74, 6) is -0.570. The van der Waals surface area contributed by atoms with E-state index in [0.29, 0.717) is 46.7 Å². The van der Waals surface area contributed by atoms with Crippen molar-refractivity contribution in [3.05, 3.63) is 50.5 Å². The molecule has 8 nitrogen and oxygen atoms in total. The van der Waals surface area contributed by atoms with Gasteiger partial charge in [-0.2, -0.15) is 9.36 Å². The van der Waals surface area contributed by atoms with Crippen LogP contribution in [0.25, 0.3) is 22.8 Å². The first-order valence-electron chi connectivity index (χ1n) is 15.0. The number of allylic oxidation sites excluding steroid dienone is 1. The molecule has 43 heavy (non-hydrogen) atoms. The van der Waals surface area contributed by atoms with Crippen LogP contribution >= 0.6 is 11.5 Å². The fourth-order valence-corrected chi connectivity index (χ4v) is 6.70. The number of aryl methyl sites for hydroxylation is 2. The number of carboxylic acids is 1. The highest BCUT2D eigenvalue weighted by molar-refractivity contribution is 7.06. The lowest BCUT2D eigenvalue weighted by atomic mass is 9.84. The van der Waals surface area contributed by atoms with Crippen LogP contribution < -0.4 is 9.64 Å². The predicted octanol–water partition coefficient (Wildman–Crippen LogP) is 7.48. The van der Waals surface area contributed by atoms with Gasteiger partial charge in [-0.3, -0.25) is 4.98 Å². The van der Waals surface area contributed by atoms with Crippen LogP contribution in [0.15, 0.2) is 6.07 Å². The van der Waals surface area contributed by atoms with E-state index in [0.717, 1.165) is 60.0 Å². The Morgan fingerprint density at radius 2 is 1.86 bits per heavy atom. The molecule has 230 valence electrons. The number of anilines is 1. The highest BCUT2D eigenvalue weighted by atomic mass is 32.1. The summed E-state index contributed by atoms with van der Waals surface area (Å²) in [4.78, 5) is 24.7. The molecule has 0 bridgehead atoms. The van der Waals surface area contributed by atoms with E-state index in [9.17, 15) is 9.90 Å². The van der Waals surface area contributed by atoms with E-state index in [1.807, 2.05) is 47.6 Å². The van der Waals surface area contributed by atoms with Gasteiger partial charge in [-0.25, -0.2) is 9.18 Å². The van der Waals surface area contributed by atoms with Gasteiger partial charge < -0.3 is 19.5 Å². The molecule has 4 heterocycles. The van der Waals surface area contributed by atoms with Gasteiger partial charge in [0.25, 0.3) is 0 Å². The quantitative estimate of drug-likeness (QED) is 0.295. The first kappa shape index (κ1) is 31.1. The molecule has 1 saturated heterocycles. The molecule has 0 radical (unpaired) electrons. The molecule has 0 amide bonds. The molecule has 2 aliphatic heterocycles. The fraction of sp³-hybridized carbons (Fsp3) is 0.515. The van der Waals surface area contributed by atoms with E-state index in [1.165, 1.54) is 24.0 Å². The number of carboxylic acid groups (broad SMARTS) is 1. The molecule has 1 N–H and O–H groups in total. The van der Waals surface area contributed by atoms with E-state index in [1.54, 1.807) is 6.92 Å². The number of carbonyl (C=O) groups is 1. The second-order valence-electron chi connectivity index (χ2n) is 12.5. The average Bonchev–Trinajstić information content (AvgIpc) is 3.46. The number of rotatable bonds is 7. The molecular formula is C33H41FN4O4S. The van der Waals surface area contributed by atoms with Crippen molar-refractivity contribution in [3.8, 4) is 16.9 Å². The van der Waals surface area contributed by atoms with Gasteiger partial charge in [0.1, 0.15) is 5.01 Å². The van der Waals surface area contributed by atoms with E-state index in [2.05, 4.69) is 9.27 Å². The van der Waals surface area contributed by atoms with Crippen molar-refractivity contribution in [2.75, 3.05) is 24.6 Å². The highest BCUT2D eigenvalue weighted by Crippen LogP contribution is 2.44. The van der Waals surface area contributed by atoms with Crippen molar-refractivity contribution >= 4 is 35.1 Å². The Bertz CT molecular complexity index is 1570. The maximum atomic E-state index is 15.7. The topological polar surface area (TPSA) is 97.7 Å². The Morgan fingerprint density at radius 3 is 2.53 bits per heavy atom. The smallest absolute Gasteiger partial charge is 0.337 e. The maximum Gasteiger partial charge on any atom is 0.337 e. The molecule has 0 saturated carbocycles. The first-order valence-corrected chi connectivity index (χ1v) is 15.8. The van der Waals surface area contributed by atoms with Crippen molar-refractivity contribution in [1.29, 1.82) is 0 Å². The number of hydrogen-bond acceptors (Lipinski definition) is 8. The van der Waals surface area contributed by atoms with Gasteiger partial charge in [-0.05, 0) is 127 Å². The minimum Gasteiger partial charge on any atom is -0.490 e. The van der Waals surface area contributed by atoms with Gasteiger partial charge in [0.15, 0.2) is 17.7 Å². The van der Waals surface area contributed by atoms with Crippen molar-refractivity contribution < 1.29 is 23.8 Å². The number of halogens is 1. The van der Waals surface area contributed by atoms with Crippen molar-refractivity contribution in [3.63, 3.8) is 0 Å². The third-order valence-corrected chi connectivity index (χ3v) is 8.91. The number of fused-ring (bicyclic) bond motifs is 1. The summed E-state index contributed by atoms with van der Waals surface area (Å²) in [5, 5.41) is 11.2. The second kappa shape index (κ2) is 12.3. The Hall–Kier alpha value is -3.37. The van der Waals surface area contributed by atoms with Crippen LogP contribution in [0.3, 0.4) is 0 Å². The zero-order valence-electron chi connectivity index (χ0n) is 26.1. The lowest BCUT2D eigenvalue weighted by Gasteiger charge is -2.30. The van der Waals surface area contributed by atoms with E-state index >= 15 is 4.39 Å². The Kier molecular flexibility index (Phi) is 8.90. The summed E-state index contributed by atoms with van der Waals surface area (Å²) in [5.41, 5.74) is 5.33. The summed E-state index contributed by atoms with van der Waals surface area (Å²) in [6.07, 6.45) is 5.61. The normalized spacial score (nSPS) is 16.6. The van der Waals surface area contributed by atoms with Gasteiger partial charge in [-0.1, -0.05) is 0 Å². The molecule has 1 fully saturated rings. The maximum absolute atomic E-state index is 15.7. The molecule has 3 aromatic rings. The molecule has 5 rings (SSSR count). The lowest BCUT2D eigenvalue weighted by molar-refractivity contribution is -0.160. The van der Waals surface area contributed by atoms with Crippen LogP contribution in [0.5, 0.6) is 5.75 Å². The largest absolute Gasteiger partial charge is 0.490 e. The van der Waals surface area contributed by atoms with Crippen molar-refractivity contribution in [1.82, 2.24) is 14.3 Å². The van der Waals surface area contributed by atoms with Crippen LogP contribution in [0.1, 0.15) is 98.1 Å². The number of nitrogens with zero attached hydrogens (tertiary/aromatic N) is 4. The number of piperidine rings is 1. The lowest BCUT2D eigenvalue weighted by Crippen LogP contribution is -2.30. The summed E-state index contributed by atoms with van der Waals surface area (Å²) >= 11 is 1.34. The average molecular weight is 609 g/mol. The summed E-state index contributed by atoms with van der Waals surface area (Å²) in [7, 11) is 0. The molecule has 0 aliphatic carbocycles. The van der Waals surface area contributed by atoms with Crippen molar-refractivity contribution in [2.24, 2.45) is 0 Å². The third-order valence-electron chi connectivity index (χ3n) is 8.07. The number of ether oxygens (including phenoxy) is 2. The SMILES string of the molecule is C/C(=C\c1c(C)nc(C)c([C@H](OC(C)(C)C)C(=O)O)c1-c1cc(F)c2c(c1C)CCCO2)c1nc(N2CCCCC2)ns1. The molecule has 2 aromatic heterocycles. The van der Waals surface area contributed by atoms with Gasteiger partial charge in [0.2, 0.25) is 5.95 Å². The highest BCUT2D eigenvalue weighted by Gasteiger charge is 2.34. The third kappa shape index (κ3) is 6.45. The molecule has 2 aliphatic rings. The van der Waals surface area contributed by atoms with Crippen LogP contribution in [-0.2, 0) is 16.0 Å². The van der Waals surface area contributed by atoms with Crippen molar-refractivity contribution in [2.45, 2.75) is 92.3 Å². The number of aliphatic carboxylic acids is 1. The monoisotopic (exact) mass is 608 g/mol. The molecule has 0 spiro atoms. The molecule has 1 atom stereocenters. The standard InChI is InChI=1S/C33H41FN4O4S/c1-18(30-36-32(37-43-30)38-13-9-8-10-14-38)16-24-20(3)35-21(4)26(29(31(39)40)42-33(5,6)7)27(24)23-17-25(34)28-22(19(23)2)12-11-15-41-28/h16-17,29H,8-15H2,1-7H3,(H,39,40)/b18-16+/t29-/m0/s1. The van der Waals surface area contributed by atoms with Crippen LogP contribution in [0.2, 0.25) is 0 Å². The predicted molar refractivity (Wildman–Crippen MR) is 168 cm³/mol. The summed E-state index contributed by atoms with van der Waals surface area (Å²) in [6.45, 7) is 15.4. The number of benzene rings is 1. The van der Waals surface area contributed by atoms with Gasteiger partial charge >= 0.3 is 5.97 Å². The van der Waals surface area contributed by atoms with E-state index in [4.69, 9.17) is 19.4 Å². The van der Waals surface area contributed by atoms with Gasteiger partial charge in [0.05, 0.1) is 12.2 Å². The van der Waals surface area contributed by atoms with Gasteiger partial charge in [0, 0.05) is 41.2 Å². The Labute approximate surface area is 257 Å². The zero-order valence-corrected chi connectivity index (χ0v) is 27.0. The van der Waals surface area contributed by atoms with E-state index < -0.39 is 23.5 Å². The zero-order chi connectivity index (χ0) is 31.1. The molecule has 10 heteroatoms. The fourth-order valence-electron chi connectivity index (χ4n) is 6.05. The molecule has 1 aromatic carbocycles. The van der Waals surface area contributed by atoms with Crippen LogP contribution in [-0.4, -0.2) is 50.7 Å². The molecular weight excluding hydrogens is 567 g/mol. The minimum atomic E-state index is -1.32. The van der Waals surface area contributed by atoms with Crippen LogP contribution in [0.4, 0.5) is 10.3 Å².